The van der Waals surface area contributed by atoms with E-state index in [1.807, 2.05) is 0 Å². The number of rotatable bonds is 5. The zero-order valence-electron chi connectivity index (χ0n) is 12.5. The van der Waals surface area contributed by atoms with Crippen molar-refractivity contribution in [2.24, 2.45) is 7.05 Å². The van der Waals surface area contributed by atoms with Gasteiger partial charge in [-0.05, 0) is 20.3 Å². The van der Waals surface area contributed by atoms with E-state index in [0.29, 0.717) is 0 Å². The van der Waals surface area contributed by atoms with Gasteiger partial charge in [0.2, 0.25) is 0 Å². The fourth-order valence-corrected chi connectivity index (χ4v) is 2.48. The minimum absolute atomic E-state index is 0.288. The van der Waals surface area contributed by atoms with E-state index in [2.05, 4.69) is 35.3 Å². The molecule has 0 spiro atoms. The van der Waals surface area contributed by atoms with Crippen LogP contribution < -0.4 is 0 Å². The largest absolute Gasteiger partial charge is 0.385 e. The van der Waals surface area contributed by atoms with Crippen LogP contribution in [-0.2, 0) is 23.1 Å². The highest BCUT2D eigenvalue weighted by molar-refractivity contribution is 5.13. The molecule has 19 heavy (non-hydrogen) atoms. The molecule has 0 unspecified atom stereocenters. The number of methoxy groups -OCH3 is 1. The highest BCUT2D eigenvalue weighted by Gasteiger charge is 2.21. The third-order valence-electron chi connectivity index (χ3n) is 3.94. The van der Waals surface area contributed by atoms with Crippen LogP contribution in [0, 0.1) is 13.8 Å². The van der Waals surface area contributed by atoms with Crippen LogP contribution in [0.3, 0.4) is 0 Å². The van der Waals surface area contributed by atoms with Crippen LogP contribution >= 0.6 is 0 Å². The molecule has 5 heteroatoms. The van der Waals surface area contributed by atoms with Crippen molar-refractivity contribution in [1.82, 2.24) is 14.5 Å². The van der Waals surface area contributed by atoms with E-state index in [4.69, 9.17) is 9.47 Å². The zero-order valence-corrected chi connectivity index (χ0v) is 12.5. The number of ether oxygens (including phenoxy) is 2. The Kier molecular flexibility index (Phi) is 4.96. The van der Waals surface area contributed by atoms with Gasteiger partial charge in [0, 0.05) is 39.5 Å². The van der Waals surface area contributed by atoms with E-state index >= 15 is 0 Å². The summed E-state index contributed by atoms with van der Waals surface area (Å²) in [5, 5.41) is 0. The average Bonchev–Trinajstić information content (AvgIpc) is 2.64. The molecule has 2 rings (SSSR count). The number of aryl methyl sites for hydroxylation is 1. The molecule has 1 aliphatic rings. The number of hydrogen-bond donors (Lipinski definition) is 0. The number of imidazole rings is 1. The summed E-state index contributed by atoms with van der Waals surface area (Å²) in [6.45, 7) is 8.60. The molecule has 0 bridgehead atoms. The molecule has 0 amide bonds. The first-order valence-corrected chi connectivity index (χ1v) is 6.93. The lowest BCUT2D eigenvalue weighted by molar-refractivity contribution is -0.0440. The van der Waals surface area contributed by atoms with Crippen LogP contribution in [0.1, 0.15) is 23.6 Å². The van der Waals surface area contributed by atoms with Gasteiger partial charge in [0.1, 0.15) is 5.82 Å². The molecule has 1 aromatic rings. The van der Waals surface area contributed by atoms with Gasteiger partial charge in [0.15, 0.2) is 0 Å². The summed E-state index contributed by atoms with van der Waals surface area (Å²) in [6, 6.07) is 0. The maximum atomic E-state index is 5.76. The molecule has 0 aliphatic carbocycles. The molecule has 1 saturated heterocycles. The van der Waals surface area contributed by atoms with Gasteiger partial charge in [-0.1, -0.05) is 0 Å². The predicted molar refractivity (Wildman–Crippen MR) is 74.2 cm³/mol. The summed E-state index contributed by atoms with van der Waals surface area (Å²) in [5.74, 6) is 1.14. The van der Waals surface area contributed by atoms with Crippen LogP contribution in [0.15, 0.2) is 0 Å². The molecule has 0 saturated carbocycles. The quantitative estimate of drug-likeness (QED) is 0.805. The van der Waals surface area contributed by atoms with Crippen molar-refractivity contribution in [3.63, 3.8) is 0 Å². The van der Waals surface area contributed by atoms with E-state index in [-0.39, 0.29) is 6.10 Å². The molecule has 0 aromatic carbocycles. The van der Waals surface area contributed by atoms with Gasteiger partial charge in [-0.2, -0.15) is 0 Å². The normalized spacial score (nSPS) is 20.9. The maximum Gasteiger partial charge on any atom is 0.123 e. The molecular weight excluding hydrogens is 242 g/mol. The van der Waals surface area contributed by atoms with Crippen LogP contribution in [0.25, 0.3) is 0 Å². The highest BCUT2D eigenvalue weighted by Crippen LogP contribution is 2.14. The number of nitrogens with zero attached hydrogens (tertiary/aromatic N) is 3. The second kappa shape index (κ2) is 6.50. The fourth-order valence-electron chi connectivity index (χ4n) is 2.48. The first kappa shape index (κ1) is 14.5. The third-order valence-corrected chi connectivity index (χ3v) is 3.94. The third kappa shape index (κ3) is 3.55. The van der Waals surface area contributed by atoms with E-state index in [0.717, 1.165) is 50.8 Å². The van der Waals surface area contributed by atoms with E-state index < -0.39 is 0 Å². The molecule has 5 nitrogen and oxygen atoms in total. The van der Waals surface area contributed by atoms with Gasteiger partial charge < -0.3 is 14.0 Å². The molecular formula is C14H25N3O2. The molecule has 1 atom stereocenters. The number of aromatic nitrogens is 2. The first-order valence-electron chi connectivity index (χ1n) is 6.93. The Bertz CT molecular complexity index is 417. The van der Waals surface area contributed by atoms with Crippen molar-refractivity contribution in [2.75, 3.05) is 33.4 Å². The standard InChI is InChI=1S/C14H25N3O2/c1-11-12(2)16(3)14(15-11)10-17-6-8-19-13(9-17)5-7-18-4/h13H,5-10H2,1-4H3/t13-/m0/s1. The summed E-state index contributed by atoms with van der Waals surface area (Å²) in [7, 11) is 3.83. The lowest BCUT2D eigenvalue weighted by Crippen LogP contribution is -2.42. The monoisotopic (exact) mass is 267 g/mol. The van der Waals surface area contributed by atoms with Crippen molar-refractivity contribution >= 4 is 0 Å². The molecule has 2 heterocycles. The van der Waals surface area contributed by atoms with E-state index in [1.165, 1.54) is 5.69 Å². The Morgan fingerprint density at radius 1 is 1.42 bits per heavy atom. The van der Waals surface area contributed by atoms with Crippen LogP contribution in [-0.4, -0.2) is 54.0 Å². The molecule has 1 aromatic heterocycles. The van der Waals surface area contributed by atoms with Crippen molar-refractivity contribution in [2.45, 2.75) is 32.9 Å². The van der Waals surface area contributed by atoms with Crippen LogP contribution in [0.4, 0.5) is 0 Å². The molecule has 0 radical (unpaired) electrons. The van der Waals surface area contributed by atoms with Crippen molar-refractivity contribution in [1.29, 1.82) is 0 Å². The lowest BCUT2D eigenvalue weighted by atomic mass is 10.2. The van der Waals surface area contributed by atoms with Crippen molar-refractivity contribution < 1.29 is 9.47 Å². The van der Waals surface area contributed by atoms with Crippen LogP contribution in [0.5, 0.6) is 0 Å². The Balaban J connectivity index is 1.93. The molecule has 1 aliphatic heterocycles. The van der Waals surface area contributed by atoms with Crippen molar-refractivity contribution in [3.05, 3.63) is 17.2 Å². The Labute approximate surface area is 115 Å². The first-order chi connectivity index (χ1) is 9.11. The summed E-state index contributed by atoms with van der Waals surface area (Å²) in [4.78, 5) is 7.07. The average molecular weight is 267 g/mol. The topological polar surface area (TPSA) is 39.5 Å². The predicted octanol–water partition coefficient (Wildman–Crippen LogP) is 1.27. The summed E-state index contributed by atoms with van der Waals surface area (Å²) < 4.78 is 13.1. The molecule has 1 fully saturated rings. The number of morpholine rings is 1. The second-order valence-electron chi connectivity index (χ2n) is 5.27. The molecule has 108 valence electrons. The fraction of sp³-hybridized carbons (Fsp3) is 0.786. The SMILES string of the molecule is COCC[C@H]1CN(Cc2nc(C)c(C)n2C)CCO1. The summed E-state index contributed by atoms with van der Waals surface area (Å²) >= 11 is 0. The van der Waals surface area contributed by atoms with E-state index in [1.54, 1.807) is 7.11 Å². The van der Waals surface area contributed by atoms with E-state index in [9.17, 15) is 0 Å². The van der Waals surface area contributed by atoms with Gasteiger partial charge in [-0.25, -0.2) is 4.98 Å². The lowest BCUT2D eigenvalue weighted by Gasteiger charge is -2.32. The van der Waals surface area contributed by atoms with Gasteiger partial charge >= 0.3 is 0 Å². The maximum absolute atomic E-state index is 5.76. The molecule has 0 N–H and O–H groups in total. The second-order valence-corrected chi connectivity index (χ2v) is 5.27. The minimum atomic E-state index is 0.288. The number of hydrogen-bond acceptors (Lipinski definition) is 4. The van der Waals surface area contributed by atoms with Crippen LogP contribution in [0.2, 0.25) is 0 Å². The van der Waals surface area contributed by atoms with Gasteiger partial charge in [-0.3, -0.25) is 4.90 Å². The minimum Gasteiger partial charge on any atom is -0.385 e. The highest BCUT2D eigenvalue weighted by atomic mass is 16.5. The van der Waals surface area contributed by atoms with Gasteiger partial charge in [-0.15, -0.1) is 0 Å². The Morgan fingerprint density at radius 2 is 2.21 bits per heavy atom. The zero-order chi connectivity index (χ0) is 13.8. The smallest absolute Gasteiger partial charge is 0.123 e. The summed E-state index contributed by atoms with van der Waals surface area (Å²) in [5.41, 5.74) is 2.38. The van der Waals surface area contributed by atoms with Gasteiger partial charge in [0.25, 0.3) is 0 Å². The van der Waals surface area contributed by atoms with Gasteiger partial charge in [0.05, 0.1) is 24.9 Å². The van der Waals surface area contributed by atoms with Crippen molar-refractivity contribution in [3.8, 4) is 0 Å². The Morgan fingerprint density at radius 3 is 2.84 bits per heavy atom. The summed E-state index contributed by atoms with van der Waals surface area (Å²) in [6.07, 6.45) is 1.25. The Hall–Kier alpha value is -0.910.